The quantitative estimate of drug-likeness (QED) is 0.853. The summed E-state index contributed by atoms with van der Waals surface area (Å²) in [4.78, 5) is 11.9. The van der Waals surface area contributed by atoms with Crippen LogP contribution in [0.1, 0.15) is 30.8 Å². The van der Waals surface area contributed by atoms with Gasteiger partial charge in [-0.25, -0.2) is 0 Å². The molecule has 0 atom stereocenters. The number of nitrogens with one attached hydrogen (secondary N) is 1. The molecular formula is C16H17F3N4O. The second-order valence-corrected chi connectivity index (χ2v) is 5.15. The van der Waals surface area contributed by atoms with Gasteiger partial charge in [0.05, 0.1) is 12.1 Å². The van der Waals surface area contributed by atoms with Crippen LogP contribution in [0.4, 0.5) is 13.2 Å². The van der Waals surface area contributed by atoms with E-state index in [0.29, 0.717) is 23.5 Å². The Labute approximate surface area is 137 Å². The average molecular weight is 338 g/mol. The van der Waals surface area contributed by atoms with Crippen LogP contribution in [0.25, 0.3) is 5.57 Å². The van der Waals surface area contributed by atoms with Gasteiger partial charge in [-0.3, -0.25) is 4.79 Å². The third kappa shape index (κ3) is 4.43. The van der Waals surface area contributed by atoms with Crippen molar-refractivity contribution < 1.29 is 18.0 Å². The van der Waals surface area contributed by atoms with E-state index >= 15 is 0 Å². The Hall–Kier alpha value is -2.64. The van der Waals surface area contributed by atoms with Gasteiger partial charge in [0.1, 0.15) is 6.33 Å². The molecule has 2 rings (SSSR count). The van der Waals surface area contributed by atoms with Crippen molar-refractivity contribution in [1.29, 1.82) is 0 Å². The highest BCUT2D eigenvalue weighted by atomic mass is 19.4. The van der Waals surface area contributed by atoms with E-state index in [9.17, 15) is 18.0 Å². The number of carbonyl (C=O) groups excluding carboxylic acids is 1. The number of aromatic nitrogens is 3. The maximum atomic E-state index is 12.5. The van der Waals surface area contributed by atoms with E-state index in [-0.39, 0.29) is 12.5 Å². The van der Waals surface area contributed by atoms with Crippen LogP contribution in [0.15, 0.2) is 36.7 Å². The zero-order valence-corrected chi connectivity index (χ0v) is 13.3. The molecule has 5 nitrogen and oxygen atoms in total. The van der Waals surface area contributed by atoms with Crippen molar-refractivity contribution in [2.75, 3.05) is 0 Å². The first-order valence-electron chi connectivity index (χ1n) is 7.31. The lowest BCUT2D eigenvalue weighted by atomic mass is 10.0. The summed E-state index contributed by atoms with van der Waals surface area (Å²) in [6.45, 7) is 4.52. The lowest BCUT2D eigenvalue weighted by Crippen LogP contribution is -2.22. The molecule has 1 aromatic carbocycles. The van der Waals surface area contributed by atoms with Crippen LogP contribution in [0.5, 0.6) is 0 Å². The molecule has 0 saturated heterocycles. The van der Waals surface area contributed by atoms with Gasteiger partial charge in [-0.1, -0.05) is 12.1 Å². The van der Waals surface area contributed by atoms with Crippen LogP contribution < -0.4 is 5.32 Å². The molecule has 128 valence electrons. The molecule has 0 spiro atoms. The monoisotopic (exact) mass is 338 g/mol. The van der Waals surface area contributed by atoms with Crippen molar-refractivity contribution >= 4 is 11.5 Å². The molecule has 2 aromatic rings. The smallest absolute Gasteiger partial charge is 0.345 e. The number of hydrogen-bond donors (Lipinski definition) is 1. The molecule has 0 unspecified atom stereocenters. The molecule has 1 aromatic heterocycles. The number of benzene rings is 1. The van der Waals surface area contributed by atoms with Crippen LogP contribution in [-0.4, -0.2) is 20.7 Å². The highest BCUT2D eigenvalue weighted by molar-refractivity contribution is 5.94. The number of rotatable bonds is 5. The molecule has 0 saturated carbocycles. The molecule has 0 fully saturated rings. The first kappa shape index (κ1) is 17.7. The zero-order chi connectivity index (χ0) is 17.7. The van der Waals surface area contributed by atoms with Crippen LogP contribution in [0.2, 0.25) is 0 Å². The standard InChI is InChI=1S/C16H17F3N4O/c1-3-23-10-21-22-14(23)9-20-15(24)8-11(2)12-4-6-13(7-5-12)16(17,18)19/h4-8,10H,3,9H2,1-2H3,(H,20,24). The number of amides is 1. The van der Waals surface area contributed by atoms with Gasteiger partial charge >= 0.3 is 6.18 Å². The summed E-state index contributed by atoms with van der Waals surface area (Å²) < 4.78 is 39.4. The normalized spacial score (nSPS) is 12.3. The Morgan fingerprint density at radius 1 is 1.29 bits per heavy atom. The van der Waals surface area contributed by atoms with E-state index in [2.05, 4.69) is 15.5 Å². The van der Waals surface area contributed by atoms with Gasteiger partial charge in [0.2, 0.25) is 5.91 Å². The predicted molar refractivity (Wildman–Crippen MR) is 82.6 cm³/mol. The summed E-state index contributed by atoms with van der Waals surface area (Å²) in [5, 5.41) is 10.3. The first-order valence-corrected chi connectivity index (χ1v) is 7.31. The highest BCUT2D eigenvalue weighted by Gasteiger charge is 2.29. The van der Waals surface area contributed by atoms with Gasteiger partial charge < -0.3 is 9.88 Å². The molecular weight excluding hydrogens is 321 g/mol. The van der Waals surface area contributed by atoms with Gasteiger partial charge in [0.15, 0.2) is 5.82 Å². The SMILES string of the molecule is CCn1cnnc1CNC(=O)C=C(C)c1ccc(C(F)(F)F)cc1. The Balaban J connectivity index is 2.00. The lowest BCUT2D eigenvalue weighted by Gasteiger charge is -2.08. The second-order valence-electron chi connectivity index (χ2n) is 5.15. The van der Waals surface area contributed by atoms with E-state index in [4.69, 9.17) is 0 Å². The summed E-state index contributed by atoms with van der Waals surface area (Å²) >= 11 is 0. The largest absolute Gasteiger partial charge is 0.416 e. The summed E-state index contributed by atoms with van der Waals surface area (Å²) in [5.41, 5.74) is 0.399. The van der Waals surface area contributed by atoms with Crippen LogP contribution in [0, 0.1) is 0 Å². The summed E-state index contributed by atoms with van der Waals surface area (Å²) in [7, 11) is 0. The summed E-state index contributed by atoms with van der Waals surface area (Å²) in [5.74, 6) is 0.282. The molecule has 0 bridgehead atoms. The fourth-order valence-electron chi connectivity index (χ4n) is 2.10. The second kappa shape index (κ2) is 7.29. The molecule has 8 heteroatoms. The fourth-order valence-corrected chi connectivity index (χ4v) is 2.10. The third-order valence-electron chi connectivity index (χ3n) is 3.47. The Morgan fingerprint density at radius 2 is 1.96 bits per heavy atom. The fraction of sp³-hybridized carbons (Fsp3) is 0.312. The minimum absolute atomic E-state index is 0.226. The number of hydrogen-bond acceptors (Lipinski definition) is 3. The number of aryl methyl sites for hydroxylation is 1. The van der Waals surface area contributed by atoms with Crippen molar-refractivity contribution in [2.45, 2.75) is 33.1 Å². The number of carbonyl (C=O) groups is 1. The van der Waals surface area contributed by atoms with Gasteiger partial charge in [0.25, 0.3) is 0 Å². The van der Waals surface area contributed by atoms with Gasteiger partial charge in [-0.2, -0.15) is 13.2 Å². The molecule has 24 heavy (non-hydrogen) atoms. The molecule has 0 aliphatic rings. The minimum Gasteiger partial charge on any atom is -0.345 e. The molecule has 0 aliphatic heterocycles. The van der Waals surface area contributed by atoms with Crippen LogP contribution >= 0.6 is 0 Å². The Morgan fingerprint density at radius 3 is 2.54 bits per heavy atom. The maximum Gasteiger partial charge on any atom is 0.416 e. The first-order chi connectivity index (χ1) is 11.3. The van der Waals surface area contributed by atoms with E-state index in [1.54, 1.807) is 17.8 Å². The number of halogens is 3. The zero-order valence-electron chi connectivity index (χ0n) is 13.3. The van der Waals surface area contributed by atoms with Gasteiger partial charge in [-0.15, -0.1) is 10.2 Å². The van der Waals surface area contributed by atoms with E-state index in [1.807, 2.05) is 6.92 Å². The van der Waals surface area contributed by atoms with Crippen LogP contribution in [0.3, 0.4) is 0 Å². The minimum atomic E-state index is -4.37. The molecule has 1 N–H and O–H groups in total. The number of nitrogens with zero attached hydrogens (tertiary/aromatic N) is 3. The van der Waals surface area contributed by atoms with E-state index < -0.39 is 11.7 Å². The maximum absolute atomic E-state index is 12.5. The van der Waals surface area contributed by atoms with Gasteiger partial charge in [0, 0.05) is 12.6 Å². The van der Waals surface area contributed by atoms with Crippen molar-refractivity contribution in [3.63, 3.8) is 0 Å². The third-order valence-corrected chi connectivity index (χ3v) is 3.47. The average Bonchev–Trinajstić information content (AvgIpc) is 2.99. The van der Waals surface area contributed by atoms with Crippen molar-refractivity contribution in [3.05, 3.63) is 53.6 Å². The van der Waals surface area contributed by atoms with Crippen LogP contribution in [-0.2, 0) is 24.1 Å². The Kier molecular flexibility index (Phi) is 5.38. The van der Waals surface area contributed by atoms with Gasteiger partial charge in [-0.05, 0) is 37.1 Å². The highest BCUT2D eigenvalue weighted by Crippen LogP contribution is 2.29. The summed E-state index contributed by atoms with van der Waals surface area (Å²) in [6.07, 6.45) is -1.46. The van der Waals surface area contributed by atoms with Crippen molar-refractivity contribution in [3.8, 4) is 0 Å². The molecule has 1 amide bonds. The topological polar surface area (TPSA) is 59.8 Å². The number of alkyl halides is 3. The summed E-state index contributed by atoms with van der Waals surface area (Å²) in [6, 6.07) is 4.67. The Bertz CT molecular complexity index is 733. The molecule has 0 aliphatic carbocycles. The molecule has 1 heterocycles. The van der Waals surface area contributed by atoms with E-state index in [0.717, 1.165) is 12.1 Å². The van der Waals surface area contributed by atoms with E-state index in [1.165, 1.54) is 18.2 Å². The predicted octanol–water partition coefficient (Wildman–Crippen LogP) is 3.04. The number of allylic oxidation sites excluding steroid dienone is 1. The van der Waals surface area contributed by atoms with Crippen molar-refractivity contribution in [1.82, 2.24) is 20.1 Å². The lowest BCUT2D eigenvalue weighted by molar-refractivity contribution is -0.137. The van der Waals surface area contributed by atoms with Crippen molar-refractivity contribution in [2.24, 2.45) is 0 Å². The molecule has 0 radical (unpaired) electrons.